The van der Waals surface area contributed by atoms with Crippen LogP contribution in [0, 0.1) is 5.92 Å². The van der Waals surface area contributed by atoms with E-state index < -0.39 is 0 Å². The van der Waals surface area contributed by atoms with Gasteiger partial charge in [0, 0.05) is 18.5 Å². The standard InChI is InChI=1S/C12H18N2S/c13-8-11-6-3-7-14-12(11)15-9-10-4-1-2-5-10/h3,6-7,10H,1-2,4-5,8-9,13H2. The van der Waals surface area contributed by atoms with Crippen molar-refractivity contribution in [1.29, 1.82) is 0 Å². The van der Waals surface area contributed by atoms with E-state index in [2.05, 4.69) is 11.1 Å². The van der Waals surface area contributed by atoms with Crippen molar-refractivity contribution in [2.75, 3.05) is 5.75 Å². The Morgan fingerprint density at radius 1 is 1.40 bits per heavy atom. The molecule has 1 fully saturated rings. The molecule has 1 saturated carbocycles. The number of hydrogen-bond acceptors (Lipinski definition) is 3. The first-order valence-electron chi connectivity index (χ1n) is 5.67. The number of aromatic nitrogens is 1. The highest BCUT2D eigenvalue weighted by atomic mass is 32.2. The van der Waals surface area contributed by atoms with Gasteiger partial charge in [-0.3, -0.25) is 0 Å². The molecule has 0 unspecified atom stereocenters. The average Bonchev–Trinajstić information content (AvgIpc) is 2.79. The van der Waals surface area contributed by atoms with Crippen molar-refractivity contribution in [1.82, 2.24) is 4.98 Å². The highest BCUT2D eigenvalue weighted by Crippen LogP contribution is 2.31. The van der Waals surface area contributed by atoms with Crippen molar-refractivity contribution < 1.29 is 0 Å². The molecule has 1 heterocycles. The van der Waals surface area contributed by atoms with E-state index >= 15 is 0 Å². The zero-order valence-corrected chi connectivity index (χ0v) is 9.80. The lowest BCUT2D eigenvalue weighted by molar-refractivity contribution is 0.622. The van der Waals surface area contributed by atoms with Gasteiger partial charge in [-0.1, -0.05) is 18.9 Å². The van der Waals surface area contributed by atoms with Crippen LogP contribution in [0.2, 0.25) is 0 Å². The van der Waals surface area contributed by atoms with Crippen LogP contribution < -0.4 is 5.73 Å². The van der Waals surface area contributed by atoms with Crippen molar-refractivity contribution in [3.63, 3.8) is 0 Å². The molecule has 0 aliphatic heterocycles. The molecule has 1 aliphatic rings. The average molecular weight is 222 g/mol. The first kappa shape index (κ1) is 11.0. The summed E-state index contributed by atoms with van der Waals surface area (Å²) in [4.78, 5) is 4.39. The van der Waals surface area contributed by atoms with Gasteiger partial charge in [0.25, 0.3) is 0 Å². The zero-order chi connectivity index (χ0) is 10.5. The van der Waals surface area contributed by atoms with E-state index in [1.807, 2.05) is 24.0 Å². The molecule has 0 saturated heterocycles. The van der Waals surface area contributed by atoms with Crippen LogP contribution in [0.1, 0.15) is 31.2 Å². The van der Waals surface area contributed by atoms with Gasteiger partial charge in [0.2, 0.25) is 0 Å². The molecule has 15 heavy (non-hydrogen) atoms. The van der Waals surface area contributed by atoms with Gasteiger partial charge >= 0.3 is 0 Å². The van der Waals surface area contributed by atoms with Gasteiger partial charge in [0.1, 0.15) is 5.03 Å². The third-order valence-electron chi connectivity index (χ3n) is 3.00. The second-order valence-corrected chi connectivity index (χ2v) is 5.14. The summed E-state index contributed by atoms with van der Waals surface area (Å²) >= 11 is 1.88. The van der Waals surface area contributed by atoms with Crippen LogP contribution in [-0.4, -0.2) is 10.7 Å². The van der Waals surface area contributed by atoms with Crippen LogP contribution in [0.5, 0.6) is 0 Å². The summed E-state index contributed by atoms with van der Waals surface area (Å²) in [6.45, 7) is 0.598. The van der Waals surface area contributed by atoms with Crippen LogP contribution in [-0.2, 0) is 6.54 Å². The van der Waals surface area contributed by atoms with Gasteiger partial charge in [0.05, 0.1) is 0 Å². The smallest absolute Gasteiger partial charge is 0.100 e. The van der Waals surface area contributed by atoms with Gasteiger partial charge in [-0.25, -0.2) is 4.98 Å². The van der Waals surface area contributed by atoms with E-state index in [4.69, 9.17) is 5.73 Å². The van der Waals surface area contributed by atoms with Gasteiger partial charge < -0.3 is 5.73 Å². The first-order chi connectivity index (χ1) is 7.40. The summed E-state index contributed by atoms with van der Waals surface area (Å²) in [5.41, 5.74) is 6.86. The molecule has 3 heteroatoms. The molecule has 1 aromatic rings. The lowest BCUT2D eigenvalue weighted by atomic mass is 10.1. The fourth-order valence-corrected chi connectivity index (χ4v) is 3.28. The number of nitrogens with zero attached hydrogens (tertiary/aromatic N) is 1. The van der Waals surface area contributed by atoms with E-state index in [1.165, 1.54) is 37.0 Å². The quantitative estimate of drug-likeness (QED) is 0.796. The Kier molecular flexibility index (Phi) is 4.03. The predicted octanol–water partition coefficient (Wildman–Crippen LogP) is 2.82. The van der Waals surface area contributed by atoms with Gasteiger partial charge in [-0.15, -0.1) is 11.8 Å². The fraction of sp³-hybridized carbons (Fsp3) is 0.583. The van der Waals surface area contributed by atoms with Crippen molar-refractivity contribution in [2.24, 2.45) is 11.7 Å². The molecule has 2 N–H and O–H groups in total. The highest BCUT2D eigenvalue weighted by Gasteiger charge is 2.15. The predicted molar refractivity (Wildman–Crippen MR) is 64.8 cm³/mol. The Hall–Kier alpha value is -0.540. The van der Waals surface area contributed by atoms with Crippen LogP contribution >= 0.6 is 11.8 Å². The molecule has 0 bridgehead atoms. The van der Waals surface area contributed by atoms with Gasteiger partial charge in [-0.2, -0.15) is 0 Å². The summed E-state index contributed by atoms with van der Waals surface area (Å²) in [6, 6.07) is 4.03. The maximum atomic E-state index is 5.68. The fourth-order valence-electron chi connectivity index (χ4n) is 2.08. The highest BCUT2D eigenvalue weighted by molar-refractivity contribution is 7.99. The summed E-state index contributed by atoms with van der Waals surface area (Å²) in [7, 11) is 0. The van der Waals surface area contributed by atoms with Gasteiger partial charge in [0.15, 0.2) is 0 Å². The Morgan fingerprint density at radius 2 is 2.20 bits per heavy atom. The normalized spacial score (nSPS) is 17.1. The second kappa shape index (κ2) is 5.52. The number of thioether (sulfide) groups is 1. The van der Waals surface area contributed by atoms with Crippen molar-refractivity contribution in [3.05, 3.63) is 23.9 Å². The number of pyridine rings is 1. The lowest BCUT2D eigenvalue weighted by Crippen LogP contribution is -2.02. The largest absolute Gasteiger partial charge is 0.326 e. The third kappa shape index (κ3) is 2.95. The molecule has 0 spiro atoms. The van der Waals surface area contributed by atoms with E-state index in [0.717, 1.165) is 10.9 Å². The molecule has 82 valence electrons. The van der Waals surface area contributed by atoms with Crippen LogP contribution in [0.4, 0.5) is 0 Å². The second-order valence-electron chi connectivity index (χ2n) is 4.13. The summed E-state index contributed by atoms with van der Waals surface area (Å²) in [5.74, 6) is 2.12. The number of rotatable bonds is 4. The minimum Gasteiger partial charge on any atom is -0.326 e. The van der Waals surface area contributed by atoms with E-state index in [1.54, 1.807) is 0 Å². The monoisotopic (exact) mass is 222 g/mol. The molecule has 0 atom stereocenters. The molecular weight excluding hydrogens is 204 g/mol. The third-order valence-corrected chi connectivity index (χ3v) is 4.28. The molecule has 0 radical (unpaired) electrons. The van der Waals surface area contributed by atoms with Crippen molar-refractivity contribution in [3.8, 4) is 0 Å². The van der Waals surface area contributed by atoms with Gasteiger partial charge in [-0.05, 0) is 30.4 Å². The Balaban J connectivity index is 1.91. The van der Waals surface area contributed by atoms with E-state index in [-0.39, 0.29) is 0 Å². The zero-order valence-electron chi connectivity index (χ0n) is 8.98. The SMILES string of the molecule is NCc1cccnc1SCC1CCCC1. The lowest BCUT2D eigenvalue weighted by Gasteiger charge is -2.09. The maximum Gasteiger partial charge on any atom is 0.100 e. The molecule has 1 aromatic heterocycles. The van der Waals surface area contributed by atoms with Crippen molar-refractivity contribution in [2.45, 2.75) is 37.3 Å². The number of nitrogens with two attached hydrogens (primary N) is 1. The minimum atomic E-state index is 0.598. The summed E-state index contributed by atoms with van der Waals surface area (Å²) < 4.78 is 0. The van der Waals surface area contributed by atoms with Crippen LogP contribution in [0.15, 0.2) is 23.4 Å². The van der Waals surface area contributed by atoms with E-state index in [0.29, 0.717) is 6.54 Å². The summed E-state index contributed by atoms with van der Waals surface area (Å²) in [6.07, 6.45) is 7.49. The topological polar surface area (TPSA) is 38.9 Å². The molecular formula is C12H18N2S. The maximum absolute atomic E-state index is 5.68. The molecule has 2 nitrogen and oxygen atoms in total. The van der Waals surface area contributed by atoms with Crippen molar-refractivity contribution >= 4 is 11.8 Å². The first-order valence-corrected chi connectivity index (χ1v) is 6.65. The van der Waals surface area contributed by atoms with Crippen LogP contribution in [0.25, 0.3) is 0 Å². The van der Waals surface area contributed by atoms with E-state index in [9.17, 15) is 0 Å². The number of hydrogen-bond donors (Lipinski definition) is 1. The molecule has 0 aromatic carbocycles. The molecule has 2 rings (SSSR count). The Morgan fingerprint density at radius 3 is 2.93 bits per heavy atom. The minimum absolute atomic E-state index is 0.598. The molecule has 1 aliphatic carbocycles. The Bertz CT molecular complexity index is 308. The van der Waals surface area contributed by atoms with Crippen LogP contribution in [0.3, 0.4) is 0 Å². The Labute approximate surface area is 95.7 Å². The molecule has 0 amide bonds. The summed E-state index contributed by atoms with van der Waals surface area (Å²) in [5, 5.41) is 1.13.